The van der Waals surface area contributed by atoms with Crippen LogP contribution < -0.4 is 10.6 Å². The number of rotatable bonds is 12. The van der Waals surface area contributed by atoms with Crippen LogP contribution in [0.2, 0.25) is 0 Å². The molecule has 3 rings (SSSR count). The summed E-state index contributed by atoms with van der Waals surface area (Å²) >= 11 is 0. The summed E-state index contributed by atoms with van der Waals surface area (Å²) in [5.74, 6) is -0.683. The SMILES string of the molecule is CNC(C(=O)NC(C(=O)N(C)C(CN1CCCC1C(=O)N1CCCC1C(=O)OC)C(C)C)C(C)(C)C)C(C)(C)c1ccccc1. The van der Waals surface area contributed by atoms with E-state index in [0.717, 1.165) is 31.4 Å². The van der Waals surface area contributed by atoms with E-state index >= 15 is 0 Å². The van der Waals surface area contributed by atoms with E-state index < -0.39 is 29.0 Å². The molecule has 0 aliphatic carbocycles. The second-order valence-corrected chi connectivity index (χ2v) is 14.7. The van der Waals surface area contributed by atoms with Crippen molar-refractivity contribution in [2.24, 2.45) is 11.3 Å². The summed E-state index contributed by atoms with van der Waals surface area (Å²) in [4.78, 5) is 59.9. The third kappa shape index (κ3) is 8.25. The number of hydrogen-bond acceptors (Lipinski definition) is 7. The topological polar surface area (TPSA) is 111 Å². The van der Waals surface area contributed by atoms with Crippen LogP contribution in [0.4, 0.5) is 0 Å². The third-order valence-electron chi connectivity index (χ3n) is 9.88. The second-order valence-electron chi connectivity index (χ2n) is 14.7. The third-order valence-corrected chi connectivity index (χ3v) is 9.88. The highest BCUT2D eigenvalue weighted by atomic mass is 16.5. The molecule has 10 nitrogen and oxygen atoms in total. The van der Waals surface area contributed by atoms with Crippen molar-refractivity contribution < 1.29 is 23.9 Å². The van der Waals surface area contributed by atoms with Crippen LogP contribution in [0, 0.1) is 11.3 Å². The molecule has 1 aromatic carbocycles. The average molecular weight is 628 g/mol. The number of likely N-dealkylation sites (tertiary alicyclic amines) is 2. The Morgan fingerprint density at radius 2 is 1.56 bits per heavy atom. The molecule has 2 fully saturated rings. The molecule has 5 unspecified atom stereocenters. The molecule has 2 aliphatic rings. The minimum atomic E-state index is -0.764. The summed E-state index contributed by atoms with van der Waals surface area (Å²) in [7, 11) is 4.94. The zero-order valence-corrected chi connectivity index (χ0v) is 29.2. The fourth-order valence-electron chi connectivity index (χ4n) is 7.04. The Morgan fingerprint density at radius 3 is 2.11 bits per heavy atom. The Morgan fingerprint density at radius 1 is 0.956 bits per heavy atom. The lowest BCUT2D eigenvalue weighted by molar-refractivity contribution is -0.152. The number of likely N-dealkylation sites (N-methyl/N-ethyl adjacent to an activating group) is 2. The Balaban J connectivity index is 1.79. The first kappa shape index (κ1) is 36.5. The molecule has 2 heterocycles. The van der Waals surface area contributed by atoms with E-state index in [1.54, 1.807) is 16.8 Å². The summed E-state index contributed by atoms with van der Waals surface area (Å²) in [5, 5.41) is 6.32. The molecule has 2 N–H and O–H groups in total. The summed E-state index contributed by atoms with van der Waals surface area (Å²) < 4.78 is 4.97. The molecule has 0 spiro atoms. The Kier molecular flexibility index (Phi) is 12.2. The molecular formula is C35H57N5O5. The number of carbonyl (C=O) groups excluding carboxylic acids is 4. The lowest BCUT2D eigenvalue weighted by atomic mass is 9.76. The number of benzene rings is 1. The number of nitrogens with zero attached hydrogens (tertiary/aromatic N) is 3. The Hall–Kier alpha value is -2.98. The predicted molar refractivity (Wildman–Crippen MR) is 176 cm³/mol. The van der Waals surface area contributed by atoms with Gasteiger partial charge in [-0.3, -0.25) is 19.3 Å². The number of ether oxygens (including phenoxy) is 1. The van der Waals surface area contributed by atoms with E-state index in [1.807, 2.05) is 72.0 Å². The molecule has 0 aromatic heterocycles. The number of nitrogens with one attached hydrogen (secondary N) is 2. The van der Waals surface area contributed by atoms with Crippen LogP contribution in [0.25, 0.3) is 0 Å². The van der Waals surface area contributed by atoms with E-state index in [2.05, 4.69) is 29.4 Å². The van der Waals surface area contributed by atoms with Gasteiger partial charge in [0.1, 0.15) is 12.1 Å². The smallest absolute Gasteiger partial charge is 0.328 e. The van der Waals surface area contributed by atoms with Gasteiger partial charge in [0.15, 0.2) is 0 Å². The van der Waals surface area contributed by atoms with Crippen molar-refractivity contribution in [3.63, 3.8) is 0 Å². The Bertz CT molecular complexity index is 1180. The highest BCUT2D eigenvalue weighted by molar-refractivity contribution is 5.91. The van der Waals surface area contributed by atoms with Gasteiger partial charge in [0, 0.05) is 31.6 Å². The highest BCUT2D eigenvalue weighted by Gasteiger charge is 2.44. The van der Waals surface area contributed by atoms with Crippen molar-refractivity contribution in [3.05, 3.63) is 35.9 Å². The molecule has 5 atom stereocenters. The molecule has 1 aromatic rings. The van der Waals surface area contributed by atoms with Gasteiger partial charge in [-0.2, -0.15) is 0 Å². The lowest BCUT2D eigenvalue weighted by Crippen LogP contribution is -2.62. The van der Waals surface area contributed by atoms with Gasteiger partial charge in [0.25, 0.3) is 0 Å². The van der Waals surface area contributed by atoms with Crippen molar-refractivity contribution in [2.45, 2.75) is 110 Å². The fourth-order valence-corrected chi connectivity index (χ4v) is 7.04. The molecule has 2 saturated heterocycles. The number of methoxy groups -OCH3 is 1. The first-order valence-electron chi connectivity index (χ1n) is 16.5. The number of hydrogen-bond donors (Lipinski definition) is 2. The standard InChI is InChI=1S/C35H57N5O5/c1-23(2)27(22-39-20-14-18-25(39)31(42)40-21-15-19-26(40)33(44)45-10)38(9)32(43)29(34(3,4)5)37-30(41)28(36-8)35(6,7)24-16-12-11-13-17-24/h11-13,16-17,23,25-29,36H,14-15,18-22H2,1-10H3,(H,37,41). The summed E-state index contributed by atoms with van der Waals surface area (Å²) in [5.41, 5.74) is -0.0587. The largest absolute Gasteiger partial charge is 0.467 e. The maximum atomic E-state index is 14.3. The van der Waals surface area contributed by atoms with E-state index in [0.29, 0.717) is 19.5 Å². The number of esters is 1. The molecule has 10 heteroatoms. The van der Waals surface area contributed by atoms with Gasteiger partial charge in [-0.15, -0.1) is 0 Å². The predicted octanol–water partition coefficient (Wildman–Crippen LogP) is 3.19. The van der Waals surface area contributed by atoms with Crippen LogP contribution in [0.5, 0.6) is 0 Å². The van der Waals surface area contributed by atoms with Crippen molar-refractivity contribution in [3.8, 4) is 0 Å². The summed E-state index contributed by atoms with van der Waals surface area (Å²) in [6, 6.07) is 7.52. The molecule has 0 saturated carbocycles. The van der Waals surface area contributed by atoms with E-state index in [-0.39, 0.29) is 41.7 Å². The van der Waals surface area contributed by atoms with Crippen molar-refractivity contribution in [2.75, 3.05) is 40.8 Å². The minimum absolute atomic E-state index is 0.0316. The number of amides is 3. The van der Waals surface area contributed by atoms with Crippen LogP contribution in [0.1, 0.15) is 79.7 Å². The first-order valence-corrected chi connectivity index (χ1v) is 16.5. The Labute approximate surface area is 270 Å². The normalized spacial score (nSPS) is 21.4. The maximum absolute atomic E-state index is 14.3. The van der Waals surface area contributed by atoms with Crippen molar-refractivity contribution in [1.82, 2.24) is 25.3 Å². The van der Waals surface area contributed by atoms with Crippen molar-refractivity contribution >= 4 is 23.7 Å². The second kappa shape index (κ2) is 15.1. The zero-order valence-electron chi connectivity index (χ0n) is 29.2. The van der Waals surface area contributed by atoms with Crippen LogP contribution in [-0.2, 0) is 29.3 Å². The number of carbonyl (C=O) groups is 4. The zero-order chi connectivity index (χ0) is 33.7. The van der Waals surface area contributed by atoms with E-state index in [4.69, 9.17) is 4.74 Å². The van der Waals surface area contributed by atoms with E-state index in [9.17, 15) is 19.2 Å². The van der Waals surface area contributed by atoms with Crippen LogP contribution in [-0.4, -0.2) is 109 Å². The molecular weight excluding hydrogens is 570 g/mol. The van der Waals surface area contributed by atoms with E-state index in [1.165, 1.54) is 7.11 Å². The minimum Gasteiger partial charge on any atom is -0.467 e. The quantitative estimate of drug-likeness (QED) is 0.343. The van der Waals surface area contributed by atoms with Crippen molar-refractivity contribution in [1.29, 1.82) is 0 Å². The molecule has 45 heavy (non-hydrogen) atoms. The van der Waals surface area contributed by atoms with Crippen LogP contribution >= 0.6 is 0 Å². The van der Waals surface area contributed by atoms with Gasteiger partial charge in [-0.25, -0.2) is 4.79 Å². The van der Waals surface area contributed by atoms with Crippen LogP contribution in [0.3, 0.4) is 0 Å². The van der Waals surface area contributed by atoms with Gasteiger partial charge >= 0.3 is 5.97 Å². The molecule has 252 valence electrons. The maximum Gasteiger partial charge on any atom is 0.328 e. The molecule has 0 bridgehead atoms. The molecule has 3 amide bonds. The average Bonchev–Trinajstić information content (AvgIpc) is 3.67. The fraction of sp³-hybridized carbons (Fsp3) is 0.714. The first-order chi connectivity index (χ1) is 21.1. The monoisotopic (exact) mass is 627 g/mol. The molecule has 0 radical (unpaired) electrons. The highest BCUT2D eigenvalue weighted by Crippen LogP contribution is 2.30. The van der Waals surface area contributed by atoms with Gasteiger partial charge in [-0.1, -0.05) is 78.8 Å². The summed E-state index contributed by atoms with van der Waals surface area (Å²) in [6.45, 7) is 15.9. The van der Waals surface area contributed by atoms with Gasteiger partial charge in [0.2, 0.25) is 17.7 Å². The van der Waals surface area contributed by atoms with Gasteiger partial charge in [0.05, 0.1) is 19.2 Å². The van der Waals surface area contributed by atoms with Gasteiger partial charge < -0.3 is 25.2 Å². The molecule has 2 aliphatic heterocycles. The lowest BCUT2D eigenvalue weighted by Gasteiger charge is -2.41. The summed E-state index contributed by atoms with van der Waals surface area (Å²) in [6.07, 6.45) is 2.99. The van der Waals surface area contributed by atoms with Crippen LogP contribution in [0.15, 0.2) is 30.3 Å². The van der Waals surface area contributed by atoms with Gasteiger partial charge in [-0.05, 0) is 56.2 Å².